The van der Waals surface area contributed by atoms with E-state index >= 15 is 0 Å². The molecule has 0 saturated carbocycles. The van der Waals surface area contributed by atoms with Crippen LogP contribution in [0.5, 0.6) is 0 Å². The van der Waals surface area contributed by atoms with Crippen LogP contribution in [-0.4, -0.2) is 7.05 Å². The Hall–Kier alpha value is -0.890. The lowest BCUT2D eigenvalue weighted by atomic mass is 9.87. The number of hydrogen-bond donors (Lipinski definition) is 1. The van der Waals surface area contributed by atoms with E-state index in [1.54, 1.807) is 6.07 Å². The van der Waals surface area contributed by atoms with Gasteiger partial charge in [0.05, 0.1) is 0 Å². The van der Waals surface area contributed by atoms with Gasteiger partial charge in [0.15, 0.2) is 0 Å². The fraction of sp³-hybridized carbons (Fsp3) is 0.600. The monoisotopic (exact) mass is 237 g/mol. The topological polar surface area (TPSA) is 12.0 Å². The van der Waals surface area contributed by atoms with E-state index in [-0.39, 0.29) is 5.82 Å². The molecule has 1 unspecified atom stereocenters. The van der Waals surface area contributed by atoms with Gasteiger partial charge in [0, 0.05) is 6.04 Å². The summed E-state index contributed by atoms with van der Waals surface area (Å²) in [7, 11) is 1.96. The van der Waals surface area contributed by atoms with E-state index in [1.165, 1.54) is 5.56 Å². The third-order valence-corrected chi connectivity index (χ3v) is 3.12. The Morgan fingerprint density at radius 2 is 1.94 bits per heavy atom. The summed E-state index contributed by atoms with van der Waals surface area (Å²) in [6.07, 6.45) is 2.22. The zero-order valence-corrected chi connectivity index (χ0v) is 11.6. The summed E-state index contributed by atoms with van der Waals surface area (Å²) in [5.74, 6) is -0.126. The quantitative estimate of drug-likeness (QED) is 0.826. The van der Waals surface area contributed by atoms with Gasteiger partial charge in [-0.25, -0.2) is 4.39 Å². The summed E-state index contributed by atoms with van der Waals surface area (Å²) < 4.78 is 13.2. The molecule has 0 aliphatic carbocycles. The molecule has 0 radical (unpaired) electrons. The van der Waals surface area contributed by atoms with Gasteiger partial charge in [0.25, 0.3) is 0 Å². The molecule has 96 valence electrons. The molecule has 0 aliphatic heterocycles. The zero-order valence-electron chi connectivity index (χ0n) is 11.6. The molecule has 0 heterocycles. The van der Waals surface area contributed by atoms with Gasteiger partial charge in [0.2, 0.25) is 0 Å². The molecule has 1 rings (SSSR count). The van der Waals surface area contributed by atoms with E-state index in [9.17, 15) is 4.39 Å². The maximum atomic E-state index is 13.2. The molecule has 17 heavy (non-hydrogen) atoms. The predicted molar refractivity (Wildman–Crippen MR) is 71.6 cm³/mol. The van der Waals surface area contributed by atoms with E-state index < -0.39 is 0 Å². The smallest absolute Gasteiger partial charge is 0.126 e. The third kappa shape index (κ3) is 4.47. The Kier molecular flexibility index (Phi) is 4.70. The predicted octanol–water partition coefficient (Wildman–Crippen LogP) is 4.22. The minimum Gasteiger partial charge on any atom is -0.313 e. The Bertz CT molecular complexity index is 366. The van der Waals surface area contributed by atoms with Crippen LogP contribution in [0.15, 0.2) is 18.2 Å². The minimum absolute atomic E-state index is 0.126. The average molecular weight is 237 g/mol. The van der Waals surface area contributed by atoms with Crippen LogP contribution in [0.1, 0.15) is 50.8 Å². The summed E-state index contributed by atoms with van der Waals surface area (Å²) in [5, 5.41) is 3.32. The first-order valence-electron chi connectivity index (χ1n) is 6.27. The molecule has 2 heteroatoms. The normalized spacial score (nSPS) is 13.8. The fourth-order valence-electron chi connectivity index (χ4n) is 1.94. The first-order valence-corrected chi connectivity index (χ1v) is 6.27. The van der Waals surface area contributed by atoms with Crippen molar-refractivity contribution in [2.45, 2.75) is 46.6 Å². The Morgan fingerprint density at radius 3 is 2.41 bits per heavy atom. The molecule has 1 N–H and O–H groups in total. The molecule has 0 saturated heterocycles. The first kappa shape index (κ1) is 14.2. The number of benzene rings is 1. The molecule has 0 aliphatic rings. The van der Waals surface area contributed by atoms with Gasteiger partial charge in [-0.05, 0) is 49.4 Å². The molecular weight excluding hydrogens is 213 g/mol. The SMILES string of the molecule is CNC(CCC(C)(C)C)c1ccc(F)c(C)c1. The minimum atomic E-state index is -0.126. The second-order valence-electron chi connectivity index (χ2n) is 5.95. The van der Waals surface area contributed by atoms with E-state index in [4.69, 9.17) is 0 Å². The molecule has 1 aromatic carbocycles. The van der Waals surface area contributed by atoms with Crippen molar-refractivity contribution in [2.24, 2.45) is 5.41 Å². The van der Waals surface area contributed by atoms with Crippen molar-refractivity contribution in [3.63, 3.8) is 0 Å². The summed E-state index contributed by atoms with van der Waals surface area (Å²) in [6.45, 7) is 8.55. The van der Waals surface area contributed by atoms with Crippen LogP contribution < -0.4 is 5.32 Å². The second kappa shape index (κ2) is 5.63. The molecule has 0 aromatic heterocycles. The highest BCUT2D eigenvalue weighted by Crippen LogP contribution is 2.27. The second-order valence-corrected chi connectivity index (χ2v) is 5.95. The summed E-state index contributed by atoms with van der Waals surface area (Å²) in [5.41, 5.74) is 2.23. The Labute approximate surface area is 104 Å². The molecule has 1 atom stereocenters. The van der Waals surface area contributed by atoms with Crippen molar-refractivity contribution in [3.8, 4) is 0 Å². The summed E-state index contributed by atoms with van der Waals surface area (Å²) >= 11 is 0. The van der Waals surface area contributed by atoms with Gasteiger partial charge in [-0.15, -0.1) is 0 Å². The highest BCUT2D eigenvalue weighted by atomic mass is 19.1. The third-order valence-electron chi connectivity index (χ3n) is 3.12. The van der Waals surface area contributed by atoms with Gasteiger partial charge in [-0.2, -0.15) is 0 Å². The van der Waals surface area contributed by atoms with E-state index in [0.29, 0.717) is 11.5 Å². The highest BCUT2D eigenvalue weighted by Gasteiger charge is 2.16. The number of rotatable bonds is 4. The van der Waals surface area contributed by atoms with Gasteiger partial charge in [-0.1, -0.05) is 32.9 Å². The molecule has 1 aromatic rings. The molecular formula is C15H24FN. The van der Waals surface area contributed by atoms with Crippen molar-refractivity contribution >= 4 is 0 Å². The van der Waals surface area contributed by atoms with Crippen molar-refractivity contribution in [3.05, 3.63) is 35.1 Å². The number of nitrogens with one attached hydrogen (secondary N) is 1. The molecule has 0 spiro atoms. The van der Waals surface area contributed by atoms with Crippen LogP contribution in [0.25, 0.3) is 0 Å². The average Bonchev–Trinajstić information content (AvgIpc) is 2.22. The fourth-order valence-corrected chi connectivity index (χ4v) is 1.94. The first-order chi connectivity index (χ1) is 7.83. The van der Waals surface area contributed by atoms with Gasteiger partial charge < -0.3 is 5.32 Å². The standard InChI is InChI=1S/C15H24FN/c1-11-10-12(6-7-13(11)16)14(17-5)8-9-15(2,3)4/h6-7,10,14,17H,8-9H2,1-5H3. The highest BCUT2D eigenvalue weighted by molar-refractivity contribution is 5.26. The molecule has 0 amide bonds. The van der Waals surface area contributed by atoms with Crippen LogP contribution >= 0.6 is 0 Å². The lowest BCUT2D eigenvalue weighted by Crippen LogP contribution is -2.19. The lowest BCUT2D eigenvalue weighted by molar-refractivity contribution is 0.338. The lowest BCUT2D eigenvalue weighted by Gasteiger charge is -2.23. The Balaban J connectivity index is 2.76. The van der Waals surface area contributed by atoms with Crippen molar-refractivity contribution in [1.29, 1.82) is 0 Å². The number of halogens is 1. The van der Waals surface area contributed by atoms with Crippen LogP contribution in [-0.2, 0) is 0 Å². The summed E-state index contributed by atoms with van der Waals surface area (Å²) in [6, 6.07) is 5.70. The zero-order chi connectivity index (χ0) is 13.1. The maximum Gasteiger partial charge on any atom is 0.126 e. The number of aryl methyl sites for hydroxylation is 1. The van der Waals surface area contributed by atoms with E-state index in [0.717, 1.165) is 18.4 Å². The largest absolute Gasteiger partial charge is 0.313 e. The van der Waals surface area contributed by atoms with E-state index in [1.807, 2.05) is 26.1 Å². The Morgan fingerprint density at radius 1 is 1.29 bits per heavy atom. The van der Waals surface area contributed by atoms with E-state index in [2.05, 4.69) is 26.1 Å². The van der Waals surface area contributed by atoms with Crippen LogP contribution in [0.3, 0.4) is 0 Å². The van der Waals surface area contributed by atoms with Crippen LogP contribution in [0, 0.1) is 18.2 Å². The molecule has 0 fully saturated rings. The van der Waals surface area contributed by atoms with Gasteiger partial charge in [-0.3, -0.25) is 0 Å². The van der Waals surface area contributed by atoms with Gasteiger partial charge >= 0.3 is 0 Å². The summed E-state index contributed by atoms with van der Waals surface area (Å²) in [4.78, 5) is 0. The number of hydrogen-bond acceptors (Lipinski definition) is 1. The van der Waals surface area contributed by atoms with Crippen LogP contribution in [0.2, 0.25) is 0 Å². The molecule has 1 nitrogen and oxygen atoms in total. The van der Waals surface area contributed by atoms with Crippen molar-refractivity contribution < 1.29 is 4.39 Å². The van der Waals surface area contributed by atoms with Crippen molar-refractivity contribution in [2.75, 3.05) is 7.05 Å². The van der Waals surface area contributed by atoms with Crippen LogP contribution in [0.4, 0.5) is 4.39 Å². The van der Waals surface area contributed by atoms with Gasteiger partial charge in [0.1, 0.15) is 5.82 Å². The van der Waals surface area contributed by atoms with Crippen molar-refractivity contribution in [1.82, 2.24) is 5.32 Å². The molecule has 0 bridgehead atoms. The maximum absolute atomic E-state index is 13.2.